The topological polar surface area (TPSA) is 79.4 Å². The molecule has 6 heteroatoms. The van der Waals surface area contributed by atoms with E-state index in [1.54, 1.807) is 25.7 Å². The summed E-state index contributed by atoms with van der Waals surface area (Å²) in [5.41, 5.74) is -2.23. The van der Waals surface area contributed by atoms with Crippen LogP contribution in [0.5, 0.6) is 0 Å². The van der Waals surface area contributed by atoms with Crippen LogP contribution in [0.15, 0.2) is 0 Å². The number of epoxide rings is 1. The number of aliphatic carboxylic acids is 1. The number of carbonyl (C=O) groups excluding carboxylic acids is 1. The van der Waals surface area contributed by atoms with E-state index in [2.05, 4.69) is 0 Å². The maximum atomic E-state index is 12.4. The van der Waals surface area contributed by atoms with Crippen molar-refractivity contribution in [1.29, 1.82) is 0 Å². The van der Waals surface area contributed by atoms with E-state index in [1.165, 1.54) is 0 Å². The van der Waals surface area contributed by atoms with Crippen molar-refractivity contribution in [2.75, 3.05) is 19.7 Å². The van der Waals surface area contributed by atoms with Crippen LogP contribution in [-0.2, 0) is 19.1 Å². The van der Waals surface area contributed by atoms with Gasteiger partial charge in [-0.3, -0.25) is 4.90 Å². The lowest BCUT2D eigenvalue weighted by molar-refractivity contribution is -0.177. The lowest BCUT2D eigenvalue weighted by atomic mass is 9.95. The maximum Gasteiger partial charge on any atom is 0.338 e. The Morgan fingerprint density at radius 3 is 2.58 bits per heavy atom. The lowest BCUT2D eigenvalue weighted by Gasteiger charge is -2.34. The SMILES string of the molecule is CC(C)(C)OC(=O)[C@@]1(C(=O)O)CCCN1CC1CO1. The third kappa shape index (κ3) is 2.90. The van der Waals surface area contributed by atoms with Gasteiger partial charge in [-0.2, -0.15) is 0 Å². The third-order valence-corrected chi connectivity index (χ3v) is 3.42. The molecule has 0 spiro atoms. The maximum absolute atomic E-state index is 12.4. The molecule has 0 saturated carbocycles. The zero-order valence-electron chi connectivity index (χ0n) is 11.6. The normalized spacial score (nSPS) is 31.2. The molecule has 2 fully saturated rings. The molecule has 0 radical (unpaired) electrons. The number of carbonyl (C=O) groups is 2. The third-order valence-electron chi connectivity index (χ3n) is 3.42. The van der Waals surface area contributed by atoms with Crippen LogP contribution in [0.3, 0.4) is 0 Å². The number of esters is 1. The van der Waals surface area contributed by atoms with Gasteiger partial charge in [0.25, 0.3) is 0 Å². The predicted octanol–water partition coefficient (Wildman–Crippen LogP) is 0.646. The minimum atomic E-state index is -1.54. The second-order valence-corrected chi connectivity index (χ2v) is 6.17. The van der Waals surface area contributed by atoms with E-state index in [9.17, 15) is 14.7 Å². The molecule has 0 aromatic carbocycles. The fourth-order valence-corrected chi connectivity index (χ4v) is 2.46. The smallest absolute Gasteiger partial charge is 0.338 e. The van der Waals surface area contributed by atoms with Gasteiger partial charge in [0.05, 0.1) is 12.7 Å². The van der Waals surface area contributed by atoms with Crippen LogP contribution in [0.4, 0.5) is 0 Å². The summed E-state index contributed by atoms with van der Waals surface area (Å²) >= 11 is 0. The summed E-state index contributed by atoms with van der Waals surface area (Å²) < 4.78 is 10.5. The number of hydrogen-bond acceptors (Lipinski definition) is 5. The molecule has 2 rings (SSSR count). The van der Waals surface area contributed by atoms with Crippen LogP contribution in [0.1, 0.15) is 33.6 Å². The fourth-order valence-electron chi connectivity index (χ4n) is 2.46. The number of ether oxygens (including phenoxy) is 2. The molecule has 2 aliphatic rings. The predicted molar refractivity (Wildman–Crippen MR) is 66.8 cm³/mol. The number of carboxylic acid groups (broad SMARTS) is 1. The number of rotatable bonds is 4. The van der Waals surface area contributed by atoms with E-state index >= 15 is 0 Å². The molecule has 2 atom stereocenters. The molecule has 1 unspecified atom stereocenters. The van der Waals surface area contributed by atoms with E-state index in [4.69, 9.17) is 9.47 Å². The van der Waals surface area contributed by atoms with Gasteiger partial charge in [0.2, 0.25) is 5.54 Å². The van der Waals surface area contributed by atoms with Gasteiger partial charge in [-0.15, -0.1) is 0 Å². The molecule has 19 heavy (non-hydrogen) atoms. The summed E-state index contributed by atoms with van der Waals surface area (Å²) in [6.45, 7) is 6.93. The Morgan fingerprint density at radius 1 is 1.47 bits per heavy atom. The van der Waals surface area contributed by atoms with Crippen molar-refractivity contribution in [3.63, 3.8) is 0 Å². The van der Waals surface area contributed by atoms with Crippen LogP contribution in [-0.4, -0.2) is 58.9 Å². The fraction of sp³-hybridized carbons (Fsp3) is 0.846. The van der Waals surface area contributed by atoms with Crippen molar-refractivity contribution in [2.24, 2.45) is 0 Å². The summed E-state index contributed by atoms with van der Waals surface area (Å²) in [5.74, 6) is -1.79. The van der Waals surface area contributed by atoms with Crippen LogP contribution in [0, 0.1) is 0 Å². The van der Waals surface area contributed by atoms with Gasteiger partial charge < -0.3 is 14.6 Å². The van der Waals surface area contributed by atoms with Crippen molar-refractivity contribution in [3.05, 3.63) is 0 Å². The van der Waals surface area contributed by atoms with Crippen molar-refractivity contribution < 1.29 is 24.2 Å². The Balaban J connectivity index is 2.20. The number of carboxylic acids is 1. The highest BCUT2D eigenvalue weighted by molar-refractivity contribution is 6.04. The molecule has 6 nitrogen and oxygen atoms in total. The van der Waals surface area contributed by atoms with Gasteiger partial charge in [0.15, 0.2) is 0 Å². The molecule has 2 heterocycles. The second kappa shape index (κ2) is 4.76. The molecular formula is C13H21NO5. The van der Waals surface area contributed by atoms with E-state index < -0.39 is 23.1 Å². The van der Waals surface area contributed by atoms with Gasteiger partial charge in [-0.25, -0.2) is 9.59 Å². The van der Waals surface area contributed by atoms with Crippen LogP contribution in [0.25, 0.3) is 0 Å². The summed E-state index contributed by atoms with van der Waals surface area (Å²) in [6, 6.07) is 0. The minimum Gasteiger partial charge on any atom is -0.479 e. The van der Waals surface area contributed by atoms with Crippen LogP contribution >= 0.6 is 0 Å². The average molecular weight is 271 g/mol. The van der Waals surface area contributed by atoms with Crippen LogP contribution < -0.4 is 0 Å². The number of likely N-dealkylation sites (tertiary alicyclic amines) is 1. The Labute approximate surface area is 112 Å². The van der Waals surface area contributed by atoms with Gasteiger partial charge in [-0.05, 0) is 40.2 Å². The molecular weight excluding hydrogens is 250 g/mol. The van der Waals surface area contributed by atoms with Gasteiger partial charge in [0, 0.05) is 6.54 Å². The first-order valence-corrected chi connectivity index (χ1v) is 6.59. The second-order valence-electron chi connectivity index (χ2n) is 6.17. The minimum absolute atomic E-state index is 0.0549. The van der Waals surface area contributed by atoms with Gasteiger partial charge >= 0.3 is 11.9 Å². The Hall–Kier alpha value is -1.14. The molecule has 0 aromatic rings. The Bertz CT molecular complexity index is 385. The highest BCUT2D eigenvalue weighted by Crippen LogP contribution is 2.34. The van der Waals surface area contributed by atoms with Crippen molar-refractivity contribution >= 4 is 11.9 Å². The first-order chi connectivity index (χ1) is 8.75. The van der Waals surface area contributed by atoms with Crippen molar-refractivity contribution in [3.8, 4) is 0 Å². The molecule has 1 N–H and O–H groups in total. The first-order valence-electron chi connectivity index (χ1n) is 6.59. The highest BCUT2D eigenvalue weighted by Gasteiger charge is 2.57. The summed E-state index contributed by atoms with van der Waals surface area (Å²) in [5, 5.41) is 9.55. The van der Waals surface area contributed by atoms with Gasteiger partial charge in [-0.1, -0.05) is 0 Å². The van der Waals surface area contributed by atoms with Crippen LogP contribution in [0.2, 0.25) is 0 Å². The zero-order chi connectivity index (χ0) is 14.3. The Morgan fingerprint density at radius 2 is 2.11 bits per heavy atom. The average Bonchev–Trinajstić information content (AvgIpc) is 2.93. The van der Waals surface area contributed by atoms with E-state index in [0.717, 1.165) is 0 Å². The van der Waals surface area contributed by atoms with Crippen molar-refractivity contribution in [1.82, 2.24) is 4.90 Å². The van der Waals surface area contributed by atoms with Gasteiger partial charge in [0.1, 0.15) is 5.60 Å². The largest absolute Gasteiger partial charge is 0.479 e. The monoisotopic (exact) mass is 271 g/mol. The summed E-state index contributed by atoms with van der Waals surface area (Å²) in [4.78, 5) is 25.7. The number of nitrogens with zero attached hydrogens (tertiary/aromatic N) is 1. The number of hydrogen-bond donors (Lipinski definition) is 1. The molecule has 0 amide bonds. The van der Waals surface area contributed by atoms with E-state index in [0.29, 0.717) is 32.5 Å². The summed E-state index contributed by atoms with van der Waals surface area (Å²) in [7, 11) is 0. The quantitative estimate of drug-likeness (QED) is 0.459. The molecule has 0 aliphatic carbocycles. The zero-order valence-corrected chi connectivity index (χ0v) is 11.6. The van der Waals surface area contributed by atoms with Crippen molar-refractivity contribution in [2.45, 2.75) is 50.9 Å². The van der Waals surface area contributed by atoms with E-state index in [1.807, 2.05) is 0 Å². The molecule has 2 aliphatic heterocycles. The standard InChI is InChI=1S/C13H21NO5/c1-12(2,3)19-11(17)13(10(15)16)5-4-6-14(13)7-9-8-18-9/h9H,4-8H2,1-3H3,(H,15,16)/t9?,13-/m0/s1. The lowest BCUT2D eigenvalue weighted by Crippen LogP contribution is -2.59. The highest BCUT2D eigenvalue weighted by atomic mass is 16.6. The summed E-state index contributed by atoms with van der Waals surface area (Å²) in [6.07, 6.45) is 1.03. The molecule has 0 aromatic heterocycles. The molecule has 108 valence electrons. The Kier molecular flexibility index (Phi) is 3.57. The molecule has 0 bridgehead atoms. The van der Waals surface area contributed by atoms with E-state index in [-0.39, 0.29) is 6.10 Å². The first kappa shape index (κ1) is 14.3. The molecule has 2 saturated heterocycles.